The Balaban J connectivity index is -0.000000239. The molecule has 0 spiro atoms. The van der Waals surface area contributed by atoms with Gasteiger partial charge in [-0.1, -0.05) is 75.2 Å². The van der Waals surface area contributed by atoms with Crippen LogP contribution in [0.5, 0.6) is 11.5 Å². The molecule has 0 bridgehead atoms. The first-order valence-electron chi connectivity index (χ1n) is 32.1. The molecule has 28 heteroatoms. The Kier molecular flexibility index (Phi) is 67.4. The molecule has 17 nitrogen and oxygen atoms in total. The first-order chi connectivity index (χ1) is 44.2. The van der Waals surface area contributed by atoms with Crippen LogP contribution in [0, 0.1) is 30.6 Å². The van der Waals surface area contributed by atoms with Crippen molar-refractivity contribution < 1.29 is 74.7 Å². The van der Waals surface area contributed by atoms with Crippen LogP contribution in [-0.4, -0.2) is 193 Å². The highest BCUT2D eigenvalue weighted by molar-refractivity contribution is 15.0. The summed E-state index contributed by atoms with van der Waals surface area (Å²) in [6.07, 6.45) is 0.543. The molecular weight excluding hydrogens is 1580 g/mol. The number of carbonyl (C=O) groups excluding carboxylic acids is 5. The van der Waals surface area contributed by atoms with Gasteiger partial charge in [0, 0.05) is 94.1 Å². The first kappa shape index (κ1) is 103. The van der Waals surface area contributed by atoms with Gasteiger partial charge in [-0.3, -0.25) is 4.79 Å². The lowest BCUT2D eigenvalue weighted by atomic mass is 9.83. The number of aliphatic hydroxyl groups is 2. The topological polar surface area (TPSA) is 194 Å². The maximum absolute atomic E-state index is 12.1. The highest BCUT2D eigenvalue weighted by Gasteiger charge is 2.34. The van der Waals surface area contributed by atoms with Crippen LogP contribution in [0.3, 0.4) is 0 Å². The van der Waals surface area contributed by atoms with E-state index >= 15 is 0 Å². The van der Waals surface area contributed by atoms with Gasteiger partial charge in [-0.2, -0.15) is 9.59 Å². The Hall–Kier alpha value is -2.93. The molecule has 4 aliphatic heterocycles. The molecule has 0 radical (unpaired) electrons. The average Bonchev–Trinajstić information content (AvgIpc) is 0.881. The van der Waals surface area contributed by atoms with Crippen molar-refractivity contribution >= 4 is 101 Å². The van der Waals surface area contributed by atoms with Gasteiger partial charge in [0.1, 0.15) is 11.5 Å². The molecule has 4 N–H and O–H groups in total. The standard InChI is InChI=1S/C13H26N2O2.C12H24N2O.C8H7F3O.C8H15NO2.C8H17NO.C7H4BrF3O.C6H15N.C2H4.CH2Cl2.CO2.CH4.I2/c1-5-14(6-2)12(16)15-9-7-11(8-10-15)13(3,4)17;1-4-11-7-9-14(10-8-11)12(15)13(5-2)6-3;1-6-2-4-7(5-3-6)12-8(9,10)11;1-2-11-8(10)7-3-5-9-6-4-7;1-8(2,10)7-3-5-9-6-4-7;8-5-1-3-6(4-2-5)12-7(9,10)11;1-4-7(5-2)6-3;1-2;2*2-1-3;;1-2/h11,17H,5-10H2,1-4H3;11H,4-10H2,1-3H3;2-5H,1H3;7,9H,2-6H2,1H3;7,9-10H,3-6H2,1-2H3;1-4H;4-6H2,1-3H3;1-2H2;1H2;;1H4;. The van der Waals surface area contributed by atoms with E-state index in [1.807, 2.05) is 81.9 Å². The minimum absolute atomic E-state index is 0. The molecule has 2 aromatic rings. The second-order valence-corrected chi connectivity index (χ2v) is 24.0. The number of hydrogen-bond acceptors (Lipinski definition) is 13. The zero-order valence-electron chi connectivity index (χ0n) is 58.3. The van der Waals surface area contributed by atoms with Crippen molar-refractivity contribution in [2.24, 2.45) is 23.7 Å². The van der Waals surface area contributed by atoms with E-state index in [4.69, 9.17) is 37.5 Å². The molecule has 0 aliphatic carbocycles. The number of benzene rings is 2. The monoisotopic (exact) mass is 1700 g/mol. The summed E-state index contributed by atoms with van der Waals surface area (Å²) in [6.45, 7) is 48.8. The van der Waals surface area contributed by atoms with E-state index in [0.29, 0.717) is 22.9 Å². The van der Waals surface area contributed by atoms with Crippen LogP contribution < -0.4 is 20.1 Å². The number of halogens is 11. The Labute approximate surface area is 609 Å². The lowest BCUT2D eigenvalue weighted by Crippen LogP contribution is -2.49. The maximum Gasteiger partial charge on any atom is 0.573 e. The normalized spacial score (nSPS) is 14.8. The molecule has 4 amide bonds. The zero-order chi connectivity index (χ0) is 73.5. The van der Waals surface area contributed by atoms with Crippen LogP contribution in [0.4, 0.5) is 35.9 Å². The van der Waals surface area contributed by atoms with Crippen LogP contribution in [0.25, 0.3) is 0 Å². The van der Waals surface area contributed by atoms with Crippen molar-refractivity contribution in [2.45, 2.75) is 186 Å². The third kappa shape index (κ3) is 55.5. The van der Waals surface area contributed by atoms with E-state index in [1.165, 1.54) is 75.3 Å². The summed E-state index contributed by atoms with van der Waals surface area (Å²) >= 11 is 16.9. The zero-order valence-corrected chi connectivity index (χ0v) is 65.7. The minimum atomic E-state index is -4.62. The lowest BCUT2D eigenvalue weighted by Gasteiger charge is -2.39. The molecule has 0 aromatic heterocycles. The van der Waals surface area contributed by atoms with Crippen LogP contribution in [0.1, 0.15) is 161 Å². The van der Waals surface area contributed by atoms with Crippen LogP contribution in [0.15, 0.2) is 66.2 Å². The number of hydrogen-bond donors (Lipinski definition) is 4. The number of alkyl halides is 8. The molecular formula is C67H118BrCl2F6I2N7O10. The summed E-state index contributed by atoms with van der Waals surface area (Å²) in [5, 5.41) is 26.2. The fraction of sp³-hybridized carbons (Fsp3) is 0.731. The van der Waals surface area contributed by atoms with Crippen molar-refractivity contribution in [2.75, 3.05) is 110 Å². The number of urea groups is 2. The number of carbonyl (C=O) groups is 3. The maximum atomic E-state index is 12.1. The number of esters is 1. The van der Waals surface area contributed by atoms with Gasteiger partial charge in [0.15, 0.2) is 0 Å². The summed E-state index contributed by atoms with van der Waals surface area (Å²) in [7, 11) is 0. The predicted octanol–water partition coefficient (Wildman–Crippen LogP) is 17.4. The van der Waals surface area contributed by atoms with Crippen molar-refractivity contribution in [1.82, 2.24) is 35.1 Å². The van der Waals surface area contributed by atoms with Crippen LogP contribution >= 0.6 is 76.4 Å². The minimum Gasteiger partial charge on any atom is -0.466 e. The van der Waals surface area contributed by atoms with Gasteiger partial charge in [0.05, 0.1) is 29.1 Å². The van der Waals surface area contributed by atoms with Gasteiger partial charge >= 0.3 is 36.9 Å². The number of nitrogens with zero attached hydrogens (tertiary/aromatic N) is 5. The molecule has 4 aliphatic rings. The molecule has 95 heavy (non-hydrogen) atoms. The van der Waals surface area contributed by atoms with E-state index in [0.717, 1.165) is 129 Å². The predicted molar refractivity (Wildman–Crippen MR) is 396 cm³/mol. The van der Waals surface area contributed by atoms with Gasteiger partial charge in [-0.25, -0.2) is 9.59 Å². The van der Waals surface area contributed by atoms with Gasteiger partial charge in [-0.05, 0) is 221 Å². The van der Waals surface area contributed by atoms with E-state index in [9.17, 15) is 50.9 Å². The Bertz CT molecular complexity index is 2090. The number of nitrogens with one attached hydrogen (secondary N) is 2. The molecule has 0 unspecified atom stereocenters. The summed E-state index contributed by atoms with van der Waals surface area (Å²) in [5.74, 6) is 1.37. The van der Waals surface area contributed by atoms with Gasteiger partial charge in [0.25, 0.3) is 0 Å². The molecule has 6 rings (SSSR count). The van der Waals surface area contributed by atoms with Crippen molar-refractivity contribution in [3.05, 3.63) is 71.7 Å². The smallest absolute Gasteiger partial charge is 0.466 e. The average molecular weight is 1700 g/mol. The molecule has 4 saturated heterocycles. The van der Waals surface area contributed by atoms with Crippen LogP contribution in [0.2, 0.25) is 0 Å². The number of ether oxygens (including phenoxy) is 3. The third-order valence-corrected chi connectivity index (χ3v) is 15.8. The second kappa shape index (κ2) is 62.1. The van der Waals surface area contributed by atoms with Crippen molar-refractivity contribution in [1.29, 1.82) is 0 Å². The van der Waals surface area contributed by atoms with Crippen molar-refractivity contribution in [3.8, 4) is 11.5 Å². The summed E-state index contributed by atoms with van der Waals surface area (Å²) in [4.78, 5) is 61.6. The molecule has 558 valence electrons. The molecule has 0 saturated carbocycles. The molecule has 4 fully saturated rings. The van der Waals surface area contributed by atoms with E-state index in [1.54, 1.807) is 19.1 Å². The van der Waals surface area contributed by atoms with Gasteiger partial charge in [0.2, 0.25) is 0 Å². The largest absolute Gasteiger partial charge is 0.573 e. The number of amides is 4. The number of rotatable bonds is 14. The Morgan fingerprint density at radius 1 is 0.600 bits per heavy atom. The summed E-state index contributed by atoms with van der Waals surface area (Å²) in [5.41, 5.74) is -0.198. The molecule has 0 atom stereocenters. The van der Waals surface area contributed by atoms with Gasteiger partial charge in [-0.15, -0.1) is 62.7 Å². The fourth-order valence-corrected chi connectivity index (χ4v) is 9.86. The van der Waals surface area contributed by atoms with Crippen LogP contribution in [-0.2, 0) is 19.1 Å². The Morgan fingerprint density at radius 3 is 1.17 bits per heavy atom. The lowest BCUT2D eigenvalue weighted by molar-refractivity contribution is -0.275. The fourth-order valence-electron chi connectivity index (χ4n) is 9.59. The third-order valence-electron chi connectivity index (χ3n) is 15.2. The van der Waals surface area contributed by atoms with E-state index in [-0.39, 0.29) is 54.4 Å². The molecule has 2 aromatic carbocycles. The van der Waals surface area contributed by atoms with E-state index in [2.05, 4.69) is 119 Å². The number of likely N-dealkylation sites (tertiary alicyclic amines) is 2. The quantitative estimate of drug-likeness (QED) is 0.0459. The van der Waals surface area contributed by atoms with Crippen molar-refractivity contribution in [3.63, 3.8) is 0 Å². The number of piperidine rings is 4. The van der Waals surface area contributed by atoms with Gasteiger partial charge < -0.3 is 59.6 Å². The van der Waals surface area contributed by atoms with E-state index < -0.39 is 23.9 Å². The second-order valence-electron chi connectivity index (χ2n) is 22.3. The summed E-state index contributed by atoms with van der Waals surface area (Å²) in [6, 6.07) is 11.5. The highest BCUT2D eigenvalue weighted by atomic mass is 128. The first-order valence-corrected chi connectivity index (χ1v) is 40.3. The Morgan fingerprint density at radius 2 is 0.905 bits per heavy atom. The number of aryl methyl sites for hydroxylation is 1. The SMILES string of the molecule is C.C=C.CC(C)(O)C1CCNCC1.CCC1CCN(C(=O)N(CC)CC)CC1.CCN(CC)C(=O)N1CCC(C(C)(C)O)CC1.CCN(CC)CC.CCOC(=O)C1CCNCC1.Cc1ccc(OC(F)(F)F)cc1.ClCCl.FC(F)(F)Oc1ccc(Br)cc1.II.O=C=O. The summed E-state index contributed by atoms with van der Waals surface area (Å²) < 4.78 is 82.6. The molecule has 4 heterocycles. The highest BCUT2D eigenvalue weighted by Crippen LogP contribution is 2.29.